The van der Waals surface area contributed by atoms with E-state index in [4.69, 9.17) is 5.73 Å². The van der Waals surface area contributed by atoms with Gasteiger partial charge in [0, 0.05) is 30.9 Å². The number of rotatable bonds is 2. The summed E-state index contributed by atoms with van der Waals surface area (Å²) < 4.78 is 1.37. The maximum absolute atomic E-state index is 11.7. The van der Waals surface area contributed by atoms with Crippen LogP contribution in [0.2, 0.25) is 0 Å². The van der Waals surface area contributed by atoms with Crippen LogP contribution in [0.4, 0.5) is 0 Å². The molecule has 0 amide bonds. The lowest BCUT2D eigenvalue weighted by Gasteiger charge is -2.35. The van der Waals surface area contributed by atoms with Crippen molar-refractivity contribution >= 4 is 16.3 Å². The minimum Gasteiger partial charge on any atom is -0.325 e. The number of aryl methyl sites for hydroxylation is 1. The Balaban J connectivity index is 1.91. The van der Waals surface area contributed by atoms with Gasteiger partial charge in [-0.3, -0.25) is 9.69 Å². The van der Waals surface area contributed by atoms with Crippen LogP contribution in [0.15, 0.2) is 10.9 Å². The molecular formula is C10H13N5OS. The largest absolute Gasteiger partial charge is 0.325 e. The second-order valence-electron chi connectivity index (χ2n) is 4.38. The van der Waals surface area contributed by atoms with Crippen LogP contribution >= 0.6 is 11.3 Å². The molecule has 0 aromatic carbocycles. The summed E-state index contributed by atoms with van der Waals surface area (Å²) >= 11 is 1.46. The maximum atomic E-state index is 11.7. The molecule has 0 atom stereocenters. The first-order valence-electron chi connectivity index (χ1n) is 5.46. The molecule has 1 fully saturated rings. The average molecular weight is 251 g/mol. The fourth-order valence-electron chi connectivity index (χ4n) is 1.95. The minimum atomic E-state index is -0.115. The van der Waals surface area contributed by atoms with Crippen molar-refractivity contribution in [2.24, 2.45) is 5.73 Å². The highest BCUT2D eigenvalue weighted by molar-refractivity contribution is 7.16. The summed E-state index contributed by atoms with van der Waals surface area (Å²) in [7, 11) is 0. The Morgan fingerprint density at radius 1 is 1.59 bits per heavy atom. The zero-order valence-electron chi connectivity index (χ0n) is 9.46. The van der Waals surface area contributed by atoms with Crippen LogP contribution < -0.4 is 11.3 Å². The molecule has 7 heteroatoms. The molecule has 90 valence electrons. The van der Waals surface area contributed by atoms with Crippen molar-refractivity contribution in [3.63, 3.8) is 0 Å². The van der Waals surface area contributed by atoms with Crippen molar-refractivity contribution in [3.05, 3.63) is 27.1 Å². The maximum Gasteiger partial charge on any atom is 0.275 e. The summed E-state index contributed by atoms with van der Waals surface area (Å²) in [6, 6.07) is 1.78. The van der Waals surface area contributed by atoms with Crippen molar-refractivity contribution in [1.82, 2.24) is 19.5 Å². The molecule has 0 radical (unpaired) electrons. The smallest absolute Gasteiger partial charge is 0.275 e. The number of fused-ring (bicyclic) bond motifs is 1. The molecule has 2 aromatic heterocycles. The van der Waals surface area contributed by atoms with Crippen molar-refractivity contribution < 1.29 is 0 Å². The van der Waals surface area contributed by atoms with Crippen molar-refractivity contribution in [2.75, 3.05) is 13.1 Å². The van der Waals surface area contributed by atoms with Gasteiger partial charge < -0.3 is 5.73 Å². The molecule has 6 nitrogen and oxygen atoms in total. The third kappa shape index (κ3) is 1.97. The lowest BCUT2D eigenvalue weighted by Crippen LogP contribution is -2.54. The zero-order valence-corrected chi connectivity index (χ0v) is 10.3. The van der Waals surface area contributed by atoms with Gasteiger partial charge in [0.25, 0.3) is 5.56 Å². The SMILES string of the molecule is Cc1cc(=O)n2nc(CN3CC(N)C3)sc2n1. The van der Waals surface area contributed by atoms with Crippen molar-refractivity contribution in [1.29, 1.82) is 0 Å². The Bertz CT molecular complexity index is 613. The van der Waals surface area contributed by atoms with E-state index in [0.717, 1.165) is 30.3 Å². The van der Waals surface area contributed by atoms with Crippen LogP contribution in [0.1, 0.15) is 10.7 Å². The van der Waals surface area contributed by atoms with E-state index in [2.05, 4.69) is 15.0 Å². The highest BCUT2D eigenvalue weighted by Crippen LogP contribution is 2.16. The van der Waals surface area contributed by atoms with Crippen LogP contribution in [0.5, 0.6) is 0 Å². The van der Waals surface area contributed by atoms with Gasteiger partial charge in [0.1, 0.15) is 5.01 Å². The van der Waals surface area contributed by atoms with E-state index in [1.807, 2.05) is 6.92 Å². The highest BCUT2D eigenvalue weighted by atomic mass is 32.1. The van der Waals surface area contributed by atoms with E-state index < -0.39 is 0 Å². The van der Waals surface area contributed by atoms with E-state index in [-0.39, 0.29) is 11.6 Å². The van der Waals surface area contributed by atoms with Gasteiger partial charge in [0.05, 0.1) is 6.54 Å². The molecular weight excluding hydrogens is 238 g/mol. The Morgan fingerprint density at radius 3 is 3.06 bits per heavy atom. The second kappa shape index (κ2) is 3.86. The monoisotopic (exact) mass is 251 g/mol. The van der Waals surface area contributed by atoms with Gasteiger partial charge in [0.2, 0.25) is 4.96 Å². The Kier molecular flexibility index (Phi) is 2.46. The first-order chi connectivity index (χ1) is 8.11. The predicted molar refractivity (Wildman–Crippen MR) is 65.1 cm³/mol. The first-order valence-corrected chi connectivity index (χ1v) is 6.28. The molecule has 0 saturated carbocycles. The van der Waals surface area contributed by atoms with Crippen LogP contribution in [-0.2, 0) is 6.54 Å². The fourth-order valence-corrected chi connectivity index (χ4v) is 2.94. The van der Waals surface area contributed by atoms with Crippen molar-refractivity contribution in [3.8, 4) is 0 Å². The number of nitrogens with zero attached hydrogens (tertiary/aromatic N) is 4. The molecule has 3 rings (SSSR count). The summed E-state index contributed by atoms with van der Waals surface area (Å²) in [6.07, 6.45) is 0. The summed E-state index contributed by atoms with van der Waals surface area (Å²) in [6.45, 7) is 4.37. The van der Waals surface area contributed by atoms with Crippen LogP contribution in [0, 0.1) is 6.92 Å². The minimum absolute atomic E-state index is 0.115. The molecule has 1 saturated heterocycles. The average Bonchev–Trinajstić information content (AvgIpc) is 2.58. The van der Waals surface area contributed by atoms with Gasteiger partial charge in [-0.1, -0.05) is 11.3 Å². The molecule has 3 heterocycles. The fraction of sp³-hybridized carbons (Fsp3) is 0.500. The number of hydrogen-bond donors (Lipinski definition) is 1. The van der Waals surface area contributed by atoms with E-state index in [0.29, 0.717) is 4.96 Å². The van der Waals surface area contributed by atoms with Crippen molar-refractivity contribution in [2.45, 2.75) is 19.5 Å². The number of aromatic nitrogens is 3. The van der Waals surface area contributed by atoms with E-state index >= 15 is 0 Å². The van der Waals surface area contributed by atoms with E-state index in [1.165, 1.54) is 21.9 Å². The number of likely N-dealkylation sites (tertiary alicyclic amines) is 1. The van der Waals surface area contributed by atoms with Gasteiger partial charge >= 0.3 is 0 Å². The Labute approximate surface area is 102 Å². The van der Waals surface area contributed by atoms with Gasteiger partial charge in [-0.15, -0.1) is 0 Å². The molecule has 0 unspecified atom stereocenters. The Hall–Kier alpha value is -1.31. The van der Waals surface area contributed by atoms with Gasteiger partial charge in [-0.25, -0.2) is 4.98 Å². The van der Waals surface area contributed by atoms with Gasteiger partial charge in [-0.2, -0.15) is 9.61 Å². The second-order valence-corrected chi connectivity index (χ2v) is 5.42. The Morgan fingerprint density at radius 2 is 2.35 bits per heavy atom. The summed E-state index contributed by atoms with van der Waals surface area (Å²) in [5, 5.41) is 5.19. The predicted octanol–water partition coefficient (Wildman–Crippen LogP) is -0.398. The molecule has 2 aromatic rings. The zero-order chi connectivity index (χ0) is 12.0. The number of nitrogens with two attached hydrogens (primary N) is 1. The molecule has 0 spiro atoms. The molecule has 0 aliphatic carbocycles. The molecule has 0 bridgehead atoms. The van der Waals surface area contributed by atoms with E-state index in [9.17, 15) is 4.79 Å². The molecule has 2 N–H and O–H groups in total. The van der Waals surface area contributed by atoms with Gasteiger partial charge in [-0.05, 0) is 6.92 Å². The van der Waals surface area contributed by atoms with E-state index in [1.54, 1.807) is 0 Å². The quantitative estimate of drug-likeness (QED) is 0.786. The normalized spacial score (nSPS) is 17.5. The highest BCUT2D eigenvalue weighted by Gasteiger charge is 2.24. The molecule has 17 heavy (non-hydrogen) atoms. The standard InChI is InChI=1S/C10H13N5OS/c1-6-2-9(16)15-10(12-6)17-8(13-15)5-14-3-7(11)4-14/h2,7H,3-5,11H2,1H3. The van der Waals surface area contributed by atoms with Crippen LogP contribution in [0.3, 0.4) is 0 Å². The van der Waals surface area contributed by atoms with Crippen LogP contribution in [0.25, 0.3) is 4.96 Å². The summed E-state index contributed by atoms with van der Waals surface area (Å²) in [4.78, 5) is 18.8. The summed E-state index contributed by atoms with van der Waals surface area (Å²) in [5.74, 6) is 0. The topological polar surface area (TPSA) is 76.5 Å². The molecule has 1 aliphatic heterocycles. The summed E-state index contributed by atoms with van der Waals surface area (Å²) in [5.41, 5.74) is 6.33. The van der Waals surface area contributed by atoms with Crippen LogP contribution in [-0.4, -0.2) is 38.6 Å². The lowest BCUT2D eigenvalue weighted by atomic mass is 10.1. The number of hydrogen-bond acceptors (Lipinski definition) is 6. The first kappa shape index (κ1) is 10.8. The molecule has 1 aliphatic rings. The lowest BCUT2D eigenvalue weighted by molar-refractivity contribution is 0.142. The third-order valence-corrected chi connectivity index (χ3v) is 3.65. The third-order valence-electron chi connectivity index (χ3n) is 2.76. The van der Waals surface area contributed by atoms with Gasteiger partial charge in [0.15, 0.2) is 0 Å².